The Hall–Kier alpha value is -2.62. The number of carbonyl (C=O) groups is 2. The van der Waals surface area contributed by atoms with E-state index in [1.165, 1.54) is 6.07 Å². The molecule has 0 saturated carbocycles. The quantitative estimate of drug-likeness (QED) is 0.577. The molecule has 3 amide bonds. The van der Waals surface area contributed by atoms with Gasteiger partial charge in [-0.15, -0.1) is 0 Å². The van der Waals surface area contributed by atoms with Crippen molar-refractivity contribution >= 4 is 29.4 Å². The first-order valence-corrected chi connectivity index (χ1v) is 12.3. The van der Waals surface area contributed by atoms with Crippen molar-refractivity contribution in [3.63, 3.8) is 0 Å². The van der Waals surface area contributed by atoms with Gasteiger partial charge in [0.1, 0.15) is 5.82 Å². The summed E-state index contributed by atoms with van der Waals surface area (Å²) in [4.78, 5) is 27.3. The molecule has 1 unspecified atom stereocenters. The van der Waals surface area contributed by atoms with Crippen LogP contribution in [-0.4, -0.2) is 66.7 Å². The average Bonchev–Trinajstić information content (AvgIpc) is 3.33. The van der Waals surface area contributed by atoms with Crippen LogP contribution in [0.15, 0.2) is 48.5 Å². The number of benzene rings is 2. The minimum Gasteiger partial charge on any atom is -0.379 e. The Balaban J connectivity index is 1.27. The maximum Gasteiger partial charge on any atom is 0.319 e. The first-order valence-electron chi connectivity index (χ1n) is 11.1. The van der Waals surface area contributed by atoms with E-state index >= 15 is 0 Å². The molecule has 0 aliphatic carbocycles. The highest BCUT2D eigenvalue weighted by molar-refractivity contribution is 7.99. The van der Waals surface area contributed by atoms with Gasteiger partial charge in [-0.1, -0.05) is 18.2 Å². The third-order valence-corrected chi connectivity index (χ3v) is 7.38. The molecular formula is C24H29FN4O3S. The third-order valence-electron chi connectivity index (χ3n) is 6.14. The Morgan fingerprint density at radius 2 is 1.82 bits per heavy atom. The molecule has 2 aliphatic heterocycles. The number of ether oxygens (including phenoxy) is 1. The van der Waals surface area contributed by atoms with E-state index in [-0.39, 0.29) is 29.8 Å². The minimum absolute atomic E-state index is 0.0219. The number of halogens is 1. The van der Waals surface area contributed by atoms with Crippen molar-refractivity contribution < 1.29 is 18.7 Å². The number of urea groups is 1. The largest absolute Gasteiger partial charge is 0.379 e. The van der Waals surface area contributed by atoms with Crippen molar-refractivity contribution in [3.8, 4) is 0 Å². The fourth-order valence-corrected chi connectivity index (χ4v) is 5.66. The second-order valence-electron chi connectivity index (χ2n) is 8.29. The van der Waals surface area contributed by atoms with E-state index in [9.17, 15) is 14.0 Å². The normalized spacial score (nSPS) is 20.9. The standard InChI is InChI=1S/C24H29FN4O3S/c25-21-4-2-1-3-19(21)15-26-22(30)18-5-7-20(8-6-18)28-23(31)27-16-24(9-14-33-17-24)29-10-12-32-13-11-29/h1-8H,9-17H2,(H,26,30)(H2,27,28,31). The molecule has 0 aromatic heterocycles. The molecule has 4 rings (SSSR count). The van der Waals surface area contributed by atoms with Gasteiger partial charge in [-0.25, -0.2) is 9.18 Å². The van der Waals surface area contributed by atoms with Gasteiger partial charge in [-0.05, 0) is 42.5 Å². The van der Waals surface area contributed by atoms with Gasteiger partial charge in [0.25, 0.3) is 5.91 Å². The zero-order chi connectivity index (χ0) is 23.1. The lowest BCUT2D eigenvalue weighted by atomic mass is 9.95. The Bertz CT molecular complexity index is 960. The lowest BCUT2D eigenvalue weighted by molar-refractivity contribution is -0.0123. The summed E-state index contributed by atoms with van der Waals surface area (Å²) in [5.74, 6) is 1.45. The number of nitrogens with zero attached hydrogens (tertiary/aromatic N) is 1. The van der Waals surface area contributed by atoms with Crippen molar-refractivity contribution in [2.45, 2.75) is 18.5 Å². The van der Waals surface area contributed by atoms with Crippen LogP contribution in [0.2, 0.25) is 0 Å². The Morgan fingerprint density at radius 1 is 1.06 bits per heavy atom. The Morgan fingerprint density at radius 3 is 2.52 bits per heavy atom. The van der Waals surface area contributed by atoms with Crippen LogP contribution in [0.1, 0.15) is 22.3 Å². The van der Waals surface area contributed by atoms with Gasteiger partial charge in [-0.2, -0.15) is 11.8 Å². The predicted octanol–water partition coefficient (Wildman–Crippen LogP) is 3.09. The SMILES string of the molecule is O=C(NCC1(N2CCOCC2)CCSC1)Nc1ccc(C(=O)NCc2ccccc2F)cc1. The topological polar surface area (TPSA) is 82.7 Å². The van der Waals surface area contributed by atoms with Gasteiger partial charge >= 0.3 is 6.03 Å². The Labute approximate surface area is 197 Å². The molecule has 2 aliphatic rings. The monoisotopic (exact) mass is 472 g/mol. The highest BCUT2D eigenvalue weighted by Gasteiger charge is 2.40. The summed E-state index contributed by atoms with van der Waals surface area (Å²) in [6, 6.07) is 12.7. The van der Waals surface area contributed by atoms with Crippen LogP contribution in [0.5, 0.6) is 0 Å². The number of carbonyl (C=O) groups excluding carboxylic acids is 2. The van der Waals surface area contributed by atoms with E-state index < -0.39 is 0 Å². The number of hydrogen-bond acceptors (Lipinski definition) is 5. The fraction of sp³-hybridized carbons (Fsp3) is 0.417. The van der Waals surface area contributed by atoms with E-state index in [2.05, 4.69) is 20.9 Å². The molecule has 33 heavy (non-hydrogen) atoms. The molecule has 2 aromatic rings. The summed E-state index contributed by atoms with van der Waals surface area (Å²) < 4.78 is 19.2. The smallest absolute Gasteiger partial charge is 0.319 e. The number of nitrogens with one attached hydrogen (secondary N) is 3. The lowest BCUT2D eigenvalue weighted by Crippen LogP contribution is -2.59. The van der Waals surface area contributed by atoms with E-state index in [4.69, 9.17) is 4.74 Å². The van der Waals surface area contributed by atoms with Crippen LogP contribution in [0.4, 0.5) is 14.9 Å². The van der Waals surface area contributed by atoms with Gasteiger partial charge in [0.05, 0.1) is 13.2 Å². The van der Waals surface area contributed by atoms with E-state index in [0.29, 0.717) is 23.4 Å². The average molecular weight is 473 g/mol. The maximum atomic E-state index is 13.7. The van der Waals surface area contributed by atoms with Crippen LogP contribution in [0.3, 0.4) is 0 Å². The molecule has 1 atom stereocenters. The number of morpholine rings is 1. The number of anilines is 1. The molecule has 3 N–H and O–H groups in total. The van der Waals surface area contributed by atoms with Crippen molar-refractivity contribution in [1.82, 2.24) is 15.5 Å². The molecule has 0 spiro atoms. The Kier molecular flexibility index (Phi) is 7.85. The van der Waals surface area contributed by atoms with Crippen LogP contribution >= 0.6 is 11.8 Å². The molecule has 7 nitrogen and oxygen atoms in total. The van der Waals surface area contributed by atoms with Gasteiger partial charge in [-0.3, -0.25) is 9.69 Å². The van der Waals surface area contributed by atoms with Gasteiger partial charge < -0.3 is 20.7 Å². The highest BCUT2D eigenvalue weighted by atomic mass is 32.2. The molecule has 2 heterocycles. The number of amides is 3. The molecule has 2 aromatic carbocycles. The second-order valence-corrected chi connectivity index (χ2v) is 9.39. The summed E-state index contributed by atoms with van der Waals surface area (Å²) in [7, 11) is 0. The van der Waals surface area contributed by atoms with Crippen LogP contribution in [-0.2, 0) is 11.3 Å². The van der Waals surface area contributed by atoms with E-state index in [1.54, 1.807) is 42.5 Å². The molecule has 0 radical (unpaired) electrons. The van der Waals surface area contributed by atoms with Crippen molar-refractivity contribution in [2.75, 3.05) is 49.7 Å². The first-order chi connectivity index (χ1) is 16.1. The highest BCUT2D eigenvalue weighted by Crippen LogP contribution is 2.33. The second kappa shape index (κ2) is 11.0. The molecule has 9 heteroatoms. The number of thioether (sulfide) groups is 1. The molecular weight excluding hydrogens is 443 g/mol. The summed E-state index contributed by atoms with van der Waals surface area (Å²) in [5, 5.41) is 8.58. The fourth-order valence-electron chi connectivity index (χ4n) is 4.18. The number of hydrogen-bond donors (Lipinski definition) is 3. The van der Waals surface area contributed by atoms with Crippen LogP contribution in [0, 0.1) is 5.82 Å². The molecule has 2 fully saturated rings. The lowest BCUT2D eigenvalue weighted by Gasteiger charge is -2.43. The van der Waals surface area contributed by atoms with Crippen LogP contribution in [0.25, 0.3) is 0 Å². The summed E-state index contributed by atoms with van der Waals surface area (Å²) in [6.07, 6.45) is 1.05. The van der Waals surface area contributed by atoms with Crippen molar-refractivity contribution in [3.05, 3.63) is 65.5 Å². The maximum absolute atomic E-state index is 13.7. The molecule has 2 saturated heterocycles. The summed E-state index contributed by atoms with van der Waals surface area (Å²) >= 11 is 1.92. The van der Waals surface area contributed by atoms with Gasteiger partial charge in [0.2, 0.25) is 0 Å². The van der Waals surface area contributed by atoms with Crippen molar-refractivity contribution in [2.24, 2.45) is 0 Å². The summed E-state index contributed by atoms with van der Waals surface area (Å²) in [6.45, 7) is 3.95. The zero-order valence-electron chi connectivity index (χ0n) is 18.4. The number of rotatable bonds is 7. The molecule has 176 valence electrons. The first kappa shape index (κ1) is 23.5. The summed E-state index contributed by atoms with van der Waals surface area (Å²) in [5.41, 5.74) is 1.44. The zero-order valence-corrected chi connectivity index (χ0v) is 19.3. The van der Waals surface area contributed by atoms with Crippen LogP contribution < -0.4 is 16.0 Å². The van der Waals surface area contributed by atoms with E-state index in [1.807, 2.05) is 11.8 Å². The van der Waals surface area contributed by atoms with Gasteiger partial charge in [0, 0.05) is 54.3 Å². The molecule has 0 bridgehead atoms. The van der Waals surface area contributed by atoms with Crippen molar-refractivity contribution in [1.29, 1.82) is 0 Å². The predicted molar refractivity (Wildman–Crippen MR) is 128 cm³/mol. The van der Waals surface area contributed by atoms with E-state index in [0.717, 1.165) is 44.2 Å². The van der Waals surface area contributed by atoms with Gasteiger partial charge in [0.15, 0.2) is 0 Å². The minimum atomic E-state index is -0.352. The third kappa shape index (κ3) is 6.04.